The van der Waals surface area contributed by atoms with Crippen LogP contribution in [0, 0.1) is 0 Å². The van der Waals surface area contributed by atoms with Gasteiger partial charge < -0.3 is 10.4 Å². The van der Waals surface area contributed by atoms with Crippen LogP contribution >= 0.6 is 11.6 Å². The van der Waals surface area contributed by atoms with Crippen LogP contribution in [0.2, 0.25) is 5.02 Å². The van der Waals surface area contributed by atoms with Crippen LogP contribution in [0.25, 0.3) is 5.69 Å². The number of carboxylic acid groups (broad SMARTS) is 1. The fourth-order valence-corrected chi connectivity index (χ4v) is 3.91. The molecule has 0 radical (unpaired) electrons. The number of aromatic carboxylic acids is 1. The van der Waals surface area contributed by atoms with Gasteiger partial charge in [0, 0.05) is 11.4 Å². The van der Waals surface area contributed by atoms with Crippen molar-refractivity contribution in [3.8, 4) is 5.69 Å². The number of aldehydes is 1. The Labute approximate surface area is 221 Å². The highest BCUT2D eigenvalue weighted by molar-refractivity contribution is 6.31. The van der Waals surface area contributed by atoms with Gasteiger partial charge in [0.2, 0.25) is 12.2 Å². The molecule has 12 heteroatoms. The predicted molar refractivity (Wildman–Crippen MR) is 139 cm³/mol. The van der Waals surface area contributed by atoms with Gasteiger partial charge in [0.15, 0.2) is 0 Å². The molecule has 4 rings (SSSR count). The summed E-state index contributed by atoms with van der Waals surface area (Å²) in [7, 11) is 0. The average Bonchev–Trinajstić information content (AvgIpc) is 3.46. The normalized spacial score (nSPS) is 11.3. The highest BCUT2D eigenvalue weighted by Gasteiger charge is 2.32. The quantitative estimate of drug-likeness (QED) is 0.160. The zero-order chi connectivity index (χ0) is 27.1. The Morgan fingerprint density at radius 3 is 2.45 bits per heavy atom. The molecule has 0 saturated carbocycles. The second-order valence-electron chi connectivity index (χ2n) is 7.98. The zero-order valence-corrected chi connectivity index (χ0v) is 20.4. The lowest BCUT2D eigenvalue weighted by Gasteiger charge is -2.31. The summed E-state index contributed by atoms with van der Waals surface area (Å²) in [5.74, 6) is -3.01. The van der Waals surface area contributed by atoms with E-state index in [1.165, 1.54) is 41.6 Å². The minimum absolute atomic E-state index is 0.00623. The maximum atomic E-state index is 13.6. The number of hydrazine groups is 1. The number of rotatable bonds is 10. The van der Waals surface area contributed by atoms with E-state index in [4.69, 9.17) is 11.6 Å². The molecule has 0 saturated heterocycles. The Hall–Kier alpha value is -5.03. The van der Waals surface area contributed by atoms with Crippen molar-refractivity contribution in [3.05, 3.63) is 102 Å². The van der Waals surface area contributed by atoms with Crippen LogP contribution < -0.4 is 10.7 Å². The third-order valence-electron chi connectivity index (χ3n) is 5.50. The van der Waals surface area contributed by atoms with Gasteiger partial charge in [-0.1, -0.05) is 54.1 Å². The molecule has 2 amide bonds. The molecule has 0 aliphatic rings. The van der Waals surface area contributed by atoms with E-state index in [9.17, 15) is 24.3 Å². The number of carbonyl (C=O) groups excluding carboxylic acids is 3. The summed E-state index contributed by atoms with van der Waals surface area (Å²) in [5, 5.41) is 17.4. The maximum absolute atomic E-state index is 13.6. The van der Waals surface area contributed by atoms with Crippen molar-refractivity contribution in [1.82, 2.24) is 19.8 Å². The molecule has 1 unspecified atom stereocenters. The van der Waals surface area contributed by atoms with E-state index in [1.54, 1.807) is 48.5 Å². The summed E-state index contributed by atoms with van der Waals surface area (Å²) in [4.78, 5) is 53.8. The third kappa shape index (κ3) is 6.02. The Bertz CT molecular complexity index is 1460. The van der Waals surface area contributed by atoms with Crippen molar-refractivity contribution in [3.63, 3.8) is 0 Å². The maximum Gasteiger partial charge on any atom is 0.337 e. The minimum atomic E-state index is -1.29. The monoisotopic (exact) mass is 532 g/mol. The number of nitrogens with one attached hydrogen (secondary N) is 2. The van der Waals surface area contributed by atoms with Crippen LogP contribution in [-0.2, 0) is 20.8 Å². The Morgan fingerprint density at radius 2 is 1.76 bits per heavy atom. The van der Waals surface area contributed by atoms with E-state index in [0.717, 1.165) is 5.01 Å². The number of hydrogen-bond donors (Lipinski definition) is 3. The molecule has 38 heavy (non-hydrogen) atoms. The molecule has 192 valence electrons. The molecule has 1 heterocycles. The second-order valence-corrected chi connectivity index (χ2v) is 8.42. The number of hydrogen-bond acceptors (Lipinski definition) is 7. The molecule has 3 N–H and O–H groups in total. The van der Waals surface area contributed by atoms with Crippen molar-refractivity contribution in [2.45, 2.75) is 12.5 Å². The summed E-state index contributed by atoms with van der Waals surface area (Å²) in [6.07, 6.45) is 2.81. The van der Waals surface area contributed by atoms with Crippen molar-refractivity contribution >= 4 is 47.0 Å². The number of nitrogens with zero attached hydrogens (tertiary/aromatic N) is 4. The number of carboxylic acids is 1. The van der Waals surface area contributed by atoms with E-state index in [-0.39, 0.29) is 29.6 Å². The van der Waals surface area contributed by atoms with Crippen LogP contribution in [0.15, 0.2) is 85.5 Å². The Kier molecular flexibility index (Phi) is 8.09. The standard InChI is InChI=1S/C26H21ClN6O5/c27-18-10-11-22(32-16-28-15-29-32)21(13-18)31-33(24(35)14-34)23(12-17-6-2-1-3-7-17)25(36)30-20-9-5-4-8-19(20)26(37)38/h1-11,13-16,23,31H,12H2,(H,30,36)(H,37,38). The average molecular weight is 533 g/mol. The lowest BCUT2D eigenvalue weighted by molar-refractivity contribution is -0.141. The molecule has 0 spiro atoms. The van der Waals surface area contributed by atoms with Crippen LogP contribution in [0.5, 0.6) is 0 Å². The molecule has 1 aromatic heterocycles. The second kappa shape index (κ2) is 11.8. The molecule has 4 aromatic rings. The smallest absolute Gasteiger partial charge is 0.337 e. The first-order valence-corrected chi connectivity index (χ1v) is 11.6. The van der Waals surface area contributed by atoms with E-state index in [2.05, 4.69) is 20.8 Å². The van der Waals surface area contributed by atoms with E-state index in [0.29, 0.717) is 16.3 Å². The summed E-state index contributed by atoms with van der Waals surface area (Å²) in [6, 6.07) is 18.1. The van der Waals surface area contributed by atoms with Crippen molar-refractivity contribution in [2.24, 2.45) is 0 Å². The zero-order valence-electron chi connectivity index (χ0n) is 19.7. The fraction of sp³-hybridized carbons (Fsp3) is 0.0769. The van der Waals surface area contributed by atoms with E-state index >= 15 is 0 Å². The van der Waals surface area contributed by atoms with Crippen LogP contribution in [0.1, 0.15) is 15.9 Å². The van der Waals surface area contributed by atoms with E-state index < -0.39 is 23.8 Å². The molecule has 1 atom stereocenters. The molecule has 0 aliphatic carbocycles. The van der Waals surface area contributed by atoms with Gasteiger partial charge in [-0.25, -0.2) is 19.5 Å². The molecular formula is C26H21ClN6O5. The largest absolute Gasteiger partial charge is 0.478 e. The van der Waals surface area contributed by atoms with Crippen LogP contribution in [-0.4, -0.2) is 55.0 Å². The first kappa shape index (κ1) is 26.0. The molecule has 0 fully saturated rings. The number of carbonyl (C=O) groups is 4. The van der Waals surface area contributed by atoms with Crippen molar-refractivity contribution in [2.75, 3.05) is 10.7 Å². The van der Waals surface area contributed by atoms with Crippen LogP contribution in [0.4, 0.5) is 11.4 Å². The van der Waals surface area contributed by atoms with Gasteiger partial charge in [-0.05, 0) is 35.9 Å². The van der Waals surface area contributed by atoms with Gasteiger partial charge >= 0.3 is 11.9 Å². The number of amides is 2. The fourth-order valence-electron chi connectivity index (χ4n) is 3.74. The number of aromatic nitrogens is 3. The molecule has 0 aliphatic heterocycles. The van der Waals surface area contributed by atoms with Gasteiger partial charge in [-0.2, -0.15) is 5.10 Å². The summed E-state index contributed by atoms with van der Waals surface area (Å²) in [6.45, 7) is 0. The predicted octanol–water partition coefficient (Wildman–Crippen LogP) is 3.22. The molecular weight excluding hydrogens is 512 g/mol. The Morgan fingerprint density at radius 1 is 1.03 bits per heavy atom. The van der Waals surface area contributed by atoms with Gasteiger partial charge in [0.1, 0.15) is 18.7 Å². The number of anilines is 2. The number of benzene rings is 3. The lowest BCUT2D eigenvalue weighted by atomic mass is 10.0. The van der Waals surface area contributed by atoms with Gasteiger partial charge in [-0.15, -0.1) is 0 Å². The highest BCUT2D eigenvalue weighted by Crippen LogP contribution is 2.26. The summed E-state index contributed by atoms with van der Waals surface area (Å²) >= 11 is 6.21. The molecule has 11 nitrogen and oxygen atoms in total. The SMILES string of the molecule is O=CC(=O)N(Nc1cc(Cl)ccc1-n1cncn1)C(Cc1ccccc1)C(=O)Nc1ccccc1C(=O)O. The molecule has 0 bridgehead atoms. The summed E-state index contributed by atoms with van der Waals surface area (Å²) in [5.41, 5.74) is 4.14. The van der Waals surface area contributed by atoms with Gasteiger partial charge in [0.05, 0.1) is 22.6 Å². The lowest BCUT2D eigenvalue weighted by Crippen LogP contribution is -2.52. The molecule has 3 aromatic carbocycles. The minimum Gasteiger partial charge on any atom is -0.478 e. The Balaban J connectivity index is 1.76. The first-order chi connectivity index (χ1) is 18.4. The van der Waals surface area contributed by atoms with Crippen molar-refractivity contribution in [1.29, 1.82) is 0 Å². The summed E-state index contributed by atoms with van der Waals surface area (Å²) < 4.78 is 1.41. The van der Waals surface area contributed by atoms with Crippen molar-refractivity contribution < 1.29 is 24.3 Å². The van der Waals surface area contributed by atoms with Gasteiger partial charge in [0.25, 0.3) is 0 Å². The van der Waals surface area contributed by atoms with E-state index in [1.807, 2.05) is 0 Å². The number of para-hydroxylation sites is 1. The van der Waals surface area contributed by atoms with Gasteiger partial charge in [-0.3, -0.25) is 19.8 Å². The van der Waals surface area contributed by atoms with Crippen LogP contribution in [0.3, 0.4) is 0 Å². The topological polar surface area (TPSA) is 147 Å². The third-order valence-corrected chi connectivity index (χ3v) is 5.74. The first-order valence-electron chi connectivity index (χ1n) is 11.2. The number of halogens is 1. The highest BCUT2D eigenvalue weighted by atomic mass is 35.5.